The van der Waals surface area contributed by atoms with Crippen molar-refractivity contribution in [1.82, 2.24) is 4.90 Å². The molecule has 4 rings (SSSR count). The molecule has 1 aliphatic heterocycles. The Balaban J connectivity index is 1.44. The van der Waals surface area contributed by atoms with Gasteiger partial charge in [0.25, 0.3) is 5.91 Å². The van der Waals surface area contributed by atoms with Gasteiger partial charge >= 0.3 is 0 Å². The van der Waals surface area contributed by atoms with Gasteiger partial charge < -0.3 is 9.73 Å². The van der Waals surface area contributed by atoms with Crippen LogP contribution in [0.5, 0.6) is 0 Å². The number of carbonyl (C=O) groups is 1. The Kier molecular flexibility index (Phi) is 5.61. The van der Waals surface area contributed by atoms with Crippen LogP contribution in [0.25, 0.3) is 0 Å². The zero-order chi connectivity index (χ0) is 18.5. The number of anilines is 1. The molecule has 1 aromatic heterocycles. The van der Waals surface area contributed by atoms with E-state index < -0.39 is 0 Å². The molecular weight excluding hydrogens is 356 g/mol. The second kappa shape index (κ2) is 8.46. The Hall–Kier alpha value is -2.50. The monoisotopic (exact) mass is 378 g/mol. The van der Waals surface area contributed by atoms with Crippen LogP contribution in [0.2, 0.25) is 0 Å². The van der Waals surface area contributed by atoms with Crippen LogP contribution in [0.15, 0.2) is 80.9 Å². The van der Waals surface area contributed by atoms with Crippen LogP contribution in [0, 0.1) is 0 Å². The summed E-state index contributed by atoms with van der Waals surface area (Å²) in [5.41, 5.74) is 0.786. The molecule has 4 nitrogen and oxygen atoms in total. The highest BCUT2D eigenvalue weighted by atomic mass is 32.2. The van der Waals surface area contributed by atoms with Crippen LogP contribution in [-0.4, -0.2) is 23.9 Å². The van der Waals surface area contributed by atoms with Crippen molar-refractivity contribution >= 4 is 23.4 Å². The van der Waals surface area contributed by atoms with Crippen LogP contribution in [-0.2, 0) is 6.54 Å². The van der Waals surface area contributed by atoms with Crippen molar-refractivity contribution in [1.29, 1.82) is 0 Å². The lowest BCUT2D eigenvalue weighted by atomic mass is 10.3. The van der Waals surface area contributed by atoms with E-state index in [2.05, 4.69) is 22.3 Å². The molecular formula is C22H22N2O2S. The average Bonchev–Trinajstić information content (AvgIpc) is 3.37. The quantitative estimate of drug-likeness (QED) is 0.634. The number of carbonyl (C=O) groups excluding carboxylic acids is 1. The third kappa shape index (κ3) is 4.62. The van der Waals surface area contributed by atoms with Crippen LogP contribution >= 0.6 is 11.8 Å². The first-order valence-electron chi connectivity index (χ1n) is 9.22. The first-order chi connectivity index (χ1) is 13.3. The van der Waals surface area contributed by atoms with Crippen LogP contribution in [0.3, 0.4) is 0 Å². The SMILES string of the molecule is O=C(Nc1ccccc1Sc1ccccc1)c1ccc(CN2CCCC2)o1. The summed E-state index contributed by atoms with van der Waals surface area (Å²) in [5.74, 6) is 0.974. The minimum absolute atomic E-state index is 0.219. The molecule has 0 spiro atoms. The van der Waals surface area contributed by atoms with Crippen molar-refractivity contribution in [3.8, 4) is 0 Å². The standard InChI is InChI=1S/C22H22N2O2S/c25-22(20-13-12-17(26-20)16-24-14-6-7-15-24)23-19-10-4-5-11-21(19)27-18-8-2-1-3-9-18/h1-5,8-13H,6-7,14-16H2,(H,23,25). The largest absolute Gasteiger partial charge is 0.455 e. The maximum atomic E-state index is 12.6. The summed E-state index contributed by atoms with van der Waals surface area (Å²) in [5, 5.41) is 2.99. The lowest BCUT2D eigenvalue weighted by molar-refractivity contribution is 0.0993. The molecule has 0 bridgehead atoms. The molecule has 138 valence electrons. The second-order valence-electron chi connectivity index (χ2n) is 6.61. The Morgan fingerprint density at radius 1 is 0.963 bits per heavy atom. The first kappa shape index (κ1) is 17.9. The molecule has 0 unspecified atom stereocenters. The van der Waals surface area contributed by atoms with E-state index >= 15 is 0 Å². The maximum absolute atomic E-state index is 12.6. The number of amides is 1. The second-order valence-corrected chi connectivity index (χ2v) is 7.73. The number of hydrogen-bond acceptors (Lipinski definition) is 4. The number of benzene rings is 2. The number of hydrogen-bond donors (Lipinski definition) is 1. The summed E-state index contributed by atoms with van der Waals surface area (Å²) in [7, 11) is 0. The van der Waals surface area contributed by atoms with Gasteiger partial charge in [0.1, 0.15) is 5.76 Å². The summed E-state index contributed by atoms with van der Waals surface area (Å²) < 4.78 is 5.78. The van der Waals surface area contributed by atoms with E-state index in [9.17, 15) is 4.79 Å². The van der Waals surface area contributed by atoms with E-state index in [4.69, 9.17) is 4.42 Å². The van der Waals surface area contributed by atoms with E-state index in [0.717, 1.165) is 40.9 Å². The fraction of sp³-hybridized carbons (Fsp3) is 0.227. The van der Waals surface area contributed by atoms with E-state index in [-0.39, 0.29) is 5.91 Å². The summed E-state index contributed by atoms with van der Waals surface area (Å²) in [6.45, 7) is 2.98. The molecule has 0 atom stereocenters. The van der Waals surface area contributed by atoms with Gasteiger partial charge in [0, 0.05) is 9.79 Å². The molecule has 27 heavy (non-hydrogen) atoms. The number of likely N-dealkylation sites (tertiary alicyclic amines) is 1. The van der Waals surface area contributed by atoms with Gasteiger partial charge in [0.2, 0.25) is 0 Å². The predicted molar refractivity (Wildman–Crippen MR) is 108 cm³/mol. The topological polar surface area (TPSA) is 45.5 Å². The van der Waals surface area contributed by atoms with Crippen molar-refractivity contribution in [3.05, 3.63) is 78.3 Å². The van der Waals surface area contributed by atoms with E-state index in [1.165, 1.54) is 12.8 Å². The summed E-state index contributed by atoms with van der Waals surface area (Å²) >= 11 is 1.63. The highest BCUT2D eigenvalue weighted by molar-refractivity contribution is 7.99. The molecule has 2 aromatic carbocycles. The number of rotatable bonds is 6. The third-order valence-electron chi connectivity index (χ3n) is 4.57. The molecule has 1 saturated heterocycles. The summed E-state index contributed by atoms with van der Waals surface area (Å²) in [6, 6.07) is 21.6. The van der Waals surface area contributed by atoms with Gasteiger partial charge in [-0.1, -0.05) is 42.1 Å². The first-order valence-corrected chi connectivity index (χ1v) is 10.0. The average molecular weight is 378 g/mol. The number of nitrogens with zero attached hydrogens (tertiary/aromatic N) is 1. The third-order valence-corrected chi connectivity index (χ3v) is 5.65. The Bertz CT molecular complexity index is 901. The molecule has 1 fully saturated rings. The van der Waals surface area contributed by atoms with Crippen LogP contribution in [0.1, 0.15) is 29.2 Å². The Morgan fingerprint density at radius 3 is 2.52 bits per heavy atom. The van der Waals surface area contributed by atoms with Crippen LogP contribution in [0.4, 0.5) is 5.69 Å². The molecule has 0 saturated carbocycles. The maximum Gasteiger partial charge on any atom is 0.291 e. The van der Waals surface area contributed by atoms with Gasteiger partial charge in [0.15, 0.2) is 5.76 Å². The Labute approximate surface area is 163 Å². The Morgan fingerprint density at radius 2 is 1.70 bits per heavy atom. The van der Waals surface area contributed by atoms with Crippen molar-refractivity contribution in [2.75, 3.05) is 18.4 Å². The van der Waals surface area contributed by atoms with Gasteiger partial charge in [-0.15, -0.1) is 0 Å². The highest BCUT2D eigenvalue weighted by Crippen LogP contribution is 2.33. The predicted octanol–water partition coefficient (Wildman–Crippen LogP) is 5.28. The molecule has 0 radical (unpaired) electrons. The molecule has 1 aliphatic rings. The van der Waals surface area contributed by atoms with E-state index in [1.807, 2.05) is 48.5 Å². The molecule has 1 amide bonds. The number of nitrogens with one attached hydrogen (secondary N) is 1. The van der Waals surface area contributed by atoms with Crippen molar-refractivity contribution in [3.63, 3.8) is 0 Å². The fourth-order valence-electron chi connectivity index (χ4n) is 3.20. The van der Waals surface area contributed by atoms with Crippen molar-refractivity contribution in [2.24, 2.45) is 0 Å². The lowest BCUT2D eigenvalue weighted by Crippen LogP contribution is -2.18. The van der Waals surface area contributed by atoms with Gasteiger partial charge in [-0.25, -0.2) is 0 Å². The van der Waals surface area contributed by atoms with Gasteiger partial charge in [0.05, 0.1) is 12.2 Å². The van der Waals surface area contributed by atoms with Crippen molar-refractivity contribution in [2.45, 2.75) is 29.2 Å². The van der Waals surface area contributed by atoms with Crippen molar-refractivity contribution < 1.29 is 9.21 Å². The molecule has 1 N–H and O–H groups in total. The molecule has 0 aliphatic carbocycles. The highest BCUT2D eigenvalue weighted by Gasteiger charge is 2.17. The zero-order valence-electron chi connectivity index (χ0n) is 15.1. The smallest absolute Gasteiger partial charge is 0.291 e. The van der Waals surface area contributed by atoms with Gasteiger partial charge in [-0.2, -0.15) is 0 Å². The molecule has 2 heterocycles. The number of furan rings is 1. The lowest BCUT2D eigenvalue weighted by Gasteiger charge is -2.12. The fourth-order valence-corrected chi connectivity index (χ4v) is 4.13. The van der Waals surface area contributed by atoms with Gasteiger partial charge in [-0.05, 0) is 62.3 Å². The minimum atomic E-state index is -0.219. The molecule has 3 aromatic rings. The van der Waals surface area contributed by atoms with E-state index in [0.29, 0.717) is 5.76 Å². The number of para-hydroxylation sites is 1. The summed E-state index contributed by atoms with van der Waals surface area (Å²) in [6.07, 6.45) is 2.48. The normalized spacial score (nSPS) is 14.4. The van der Waals surface area contributed by atoms with E-state index in [1.54, 1.807) is 17.8 Å². The van der Waals surface area contributed by atoms with Gasteiger partial charge in [-0.3, -0.25) is 9.69 Å². The molecule has 5 heteroatoms. The minimum Gasteiger partial charge on any atom is -0.455 e. The van der Waals surface area contributed by atoms with Crippen LogP contribution < -0.4 is 5.32 Å². The zero-order valence-corrected chi connectivity index (χ0v) is 15.9. The summed E-state index contributed by atoms with van der Waals surface area (Å²) in [4.78, 5) is 17.1.